The normalized spacial score (nSPS) is 41.3. The predicted molar refractivity (Wildman–Crippen MR) is 92.0 cm³/mol. The molecule has 0 bridgehead atoms. The summed E-state index contributed by atoms with van der Waals surface area (Å²) in [6.07, 6.45) is -18.9. The van der Waals surface area contributed by atoms with Crippen molar-refractivity contribution in [1.82, 2.24) is 4.72 Å². The minimum Gasteiger partial charge on any atom is -0.479 e. The molecule has 0 saturated carbocycles. The standard InChI is InChI=1S/C12H21NO17S2/c14-4-3(13-31(21,22)23)11(20)28-2(1-27-32(24,25)26)8(4)29-12-7(17)5(15)6(16)9(30-12)10(18)19/h2-9,11-17,20H,1H2,(H,18,19)(H,21,22,23)(H,24,25,26)/t2-,3-,4-,5+,6+,7-,8-,9+,11+,12-/m1/s1. The van der Waals surface area contributed by atoms with E-state index in [0.717, 1.165) is 0 Å². The molecule has 0 unspecified atom stereocenters. The van der Waals surface area contributed by atoms with Gasteiger partial charge in [-0.25, -0.2) is 8.98 Å². The first-order valence-electron chi connectivity index (χ1n) is 8.48. The zero-order valence-corrected chi connectivity index (χ0v) is 17.2. The van der Waals surface area contributed by atoms with Crippen LogP contribution in [0.3, 0.4) is 0 Å². The second kappa shape index (κ2) is 10.0. The quantitative estimate of drug-likeness (QED) is 0.136. The van der Waals surface area contributed by atoms with Crippen LogP contribution in [0.1, 0.15) is 0 Å². The Labute approximate surface area is 179 Å². The first-order chi connectivity index (χ1) is 14.5. The fourth-order valence-corrected chi connectivity index (χ4v) is 3.91. The molecule has 2 saturated heterocycles. The van der Waals surface area contributed by atoms with E-state index in [9.17, 15) is 47.2 Å². The third-order valence-corrected chi connectivity index (χ3v) is 5.47. The van der Waals surface area contributed by atoms with Gasteiger partial charge >= 0.3 is 26.7 Å². The number of ether oxygens (including phenoxy) is 3. The smallest absolute Gasteiger partial charge is 0.397 e. The van der Waals surface area contributed by atoms with Crippen LogP contribution in [0.15, 0.2) is 0 Å². The Kier molecular flexibility index (Phi) is 8.50. The van der Waals surface area contributed by atoms with Crippen LogP contribution in [0.5, 0.6) is 0 Å². The third-order valence-electron chi connectivity index (χ3n) is 4.46. The van der Waals surface area contributed by atoms with E-state index < -0.39 is 94.6 Å². The molecule has 2 fully saturated rings. The Morgan fingerprint density at radius 3 is 2.00 bits per heavy atom. The topological polar surface area (TPSA) is 296 Å². The minimum atomic E-state index is -5.09. The Hall–Kier alpha value is -1.11. The average Bonchev–Trinajstić information content (AvgIpc) is 2.64. The van der Waals surface area contributed by atoms with Crippen LogP contribution < -0.4 is 4.72 Å². The molecule has 0 aromatic rings. The largest absolute Gasteiger partial charge is 0.479 e. The van der Waals surface area contributed by atoms with Crippen LogP contribution in [0.25, 0.3) is 0 Å². The van der Waals surface area contributed by atoms with E-state index in [1.807, 2.05) is 0 Å². The van der Waals surface area contributed by atoms with Crippen LogP contribution in [-0.4, -0.2) is 131 Å². The number of aliphatic carboxylic acids is 1. The summed E-state index contributed by atoms with van der Waals surface area (Å²) >= 11 is 0. The fraction of sp³-hybridized carbons (Fsp3) is 0.917. The van der Waals surface area contributed by atoms with Gasteiger partial charge in [0.1, 0.15) is 42.7 Å². The molecule has 2 aliphatic heterocycles. The monoisotopic (exact) mass is 515 g/mol. The van der Waals surface area contributed by atoms with Crippen molar-refractivity contribution in [2.45, 2.75) is 61.3 Å². The van der Waals surface area contributed by atoms with Crippen LogP contribution in [-0.2, 0) is 43.9 Å². The van der Waals surface area contributed by atoms with Gasteiger partial charge in [-0.2, -0.15) is 21.6 Å². The molecule has 0 amide bonds. The Morgan fingerprint density at radius 2 is 1.50 bits per heavy atom. The van der Waals surface area contributed by atoms with E-state index in [0.29, 0.717) is 0 Å². The number of carbonyl (C=O) groups is 1. The molecule has 32 heavy (non-hydrogen) atoms. The van der Waals surface area contributed by atoms with E-state index in [2.05, 4.69) is 4.18 Å². The summed E-state index contributed by atoms with van der Waals surface area (Å²) in [5.41, 5.74) is 0. The maximum atomic E-state index is 11.2. The van der Waals surface area contributed by atoms with Crippen molar-refractivity contribution in [3.63, 3.8) is 0 Å². The van der Waals surface area contributed by atoms with Crippen molar-refractivity contribution in [1.29, 1.82) is 0 Å². The average molecular weight is 515 g/mol. The molecule has 10 atom stereocenters. The molecular weight excluding hydrogens is 494 g/mol. The summed E-state index contributed by atoms with van der Waals surface area (Å²) in [6.45, 7) is -1.16. The molecule has 2 heterocycles. The number of rotatable bonds is 8. The van der Waals surface area contributed by atoms with Gasteiger partial charge in [0.2, 0.25) is 0 Å². The van der Waals surface area contributed by atoms with Gasteiger partial charge in [0.25, 0.3) is 0 Å². The third kappa shape index (κ3) is 6.71. The Balaban J connectivity index is 2.32. The molecule has 0 aliphatic carbocycles. The lowest BCUT2D eigenvalue weighted by Crippen LogP contribution is -2.67. The second-order valence-corrected chi connectivity index (χ2v) is 9.00. The molecule has 2 aliphatic rings. The minimum absolute atomic E-state index is 1.16. The van der Waals surface area contributed by atoms with E-state index in [-0.39, 0.29) is 0 Å². The van der Waals surface area contributed by atoms with Crippen molar-refractivity contribution in [3.8, 4) is 0 Å². The van der Waals surface area contributed by atoms with Gasteiger partial charge in [0, 0.05) is 0 Å². The molecule has 0 spiro atoms. The van der Waals surface area contributed by atoms with Crippen LogP contribution in [0.4, 0.5) is 0 Å². The van der Waals surface area contributed by atoms with Gasteiger partial charge in [-0.15, -0.1) is 0 Å². The SMILES string of the molecule is O=C(O)[C@H]1O[C@@H](O[C@H]2[C@H](O)[C@@H](NS(=O)(=O)O)[C@@H](O)O[C@@H]2COS(=O)(=O)O)[C@H](O)[C@@H](O)[C@@H]1O. The fourth-order valence-electron chi connectivity index (χ4n) is 3.01. The zero-order chi connectivity index (χ0) is 24.6. The van der Waals surface area contributed by atoms with Gasteiger partial charge in [-0.1, -0.05) is 0 Å². The highest BCUT2D eigenvalue weighted by Gasteiger charge is 2.52. The highest BCUT2D eigenvalue weighted by molar-refractivity contribution is 7.83. The number of hydrogen-bond acceptors (Lipinski definition) is 14. The first-order valence-corrected chi connectivity index (χ1v) is 11.3. The Morgan fingerprint density at radius 1 is 0.906 bits per heavy atom. The number of nitrogens with one attached hydrogen (secondary N) is 1. The molecular formula is C12H21NO17S2. The summed E-state index contributed by atoms with van der Waals surface area (Å²) in [4.78, 5) is 11.2. The summed E-state index contributed by atoms with van der Waals surface area (Å²) in [5.74, 6) is -1.79. The lowest BCUT2D eigenvalue weighted by Gasteiger charge is -2.45. The van der Waals surface area contributed by atoms with Crippen LogP contribution in [0.2, 0.25) is 0 Å². The lowest BCUT2D eigenvalue weighted by molar-refractivity contribution is -0.339. The van der Waals surface area contributed by atoms with Crippen molar-refractivity contribution >= 4 is 26.7 Å². The maximum Gasteiger partial charge on any atom is 0.397 e. The number of aliphatic hydroxyl groups is 5. The maximum absolute atomic E-state index is 11.2. The van der Waals surface area contributed by atoms with E-state index >= 15 is 0 Å². The molecule has 2 rings (SSSR count). The summed E-state index contributed by atoms with van der Waals surface area (Å²) < 4.78 is 81.8. The summed E-state index contributed by atoms with van der Waals surface area (Å²) in [5, 5.41) is 58.9. The van der Waals surface area contributed by atoms with Gasteiger partial charge in [0.15, 0.2) is 18.7 Å². The van der Waals surface area contributed by atoms with Gasteiger partial charge in [-0.05, 0) is 0 Å². The highest BCUT2D eigenvalue weighted by atomic mass is 32.3. The highest BCUT2D eigenvalue weighted by Crippen LogP contribution is 2.29. The van der Waals surface area contributed by atoms with Crippen molar-refractivity contribution in [2.24, 2.45) is 0 Å². The second-order valence-electron chi connectivity index (χ2n) is 6.72. The molecule has 188 valence electrons. The molecule has 0 aromatic heterocycles. The molecule has 0 radical (unpaired) electrons. The summed E-state index contributed by atoms with van der Waals surface area (Å²) in [7, 11) is -10.1. The first kappa shape index (κ1) is 27.1. The van der Waals surface area contributed by atoms with Crippen molar-refractivity contribution in [2.75, 3.05) is 6.61 Å². The van der Waals surface area contributed by atoms with E-state index in [1.165, 1.54) is 4.72 Å². The van der Waals surface area contributed by atoms with Crippen molar-refractivity contribution in [3.05, 3.63) is 0 Å². The van der Waals surface area contributed by atoms with E-state index in [4.69, 9.17) is 28.4 Å². The van der Waals surface area contributed by atoms with Gasteiger partial charge in [0.05, 0.1) is 6.61 Å². The lowest BCUT2D eigenvalue weighted by atomic mass is 9.96. The van der Waals surface area contributed by atoms with Gasteiger partial charge in [-0.3, -0.25) is 9.11 Å². The van der Waals surface area contributed by atoms with E-state index in [1.54, 1.807) is 0 Å². The number of carboxylic acids is 1. The van der Waals surface area contributed by atoms with Crippen molar-refractivity contribution < 1.29 is 79.8 Å². The number of carboxylic acid groups (broad SMARTS) is 1. The number of aliphatic hydroxyl groups excluding tert-OH is 5. The zero-order valence-electron chi connectivity index (χ0n) is 15.5. The van der Waals surface area contributed by atoms with Gasteiger partial charge < -0.3 is 44.8 Å². The van der Waals surface area contributed by atoms with Crippen LogP contribution in [0, 0.1) is 0 Å². The van der Waals surface area contributed by atoms with Crippen LogP contribution >= 0.6 is 0 Å². The molecule has 0 aromatic carbocycles. The predicted octanol–water partition coefficient (Wildman–Crippen LogP) is -6.08. The molecule has 20 heteroatoms. The summed E-state index contributed by atoms with van der Waals surface area (Å²) in [6, 6.07) is -2.05. The molecule has 18 nitrogen and oxygen atoms in total. The number of hydrogen-bond donors (Lipinski definition) is 9. The Bertz CT molecular complexity index is 876. The molecule has 9 N–H and O–H groups in total.